The molecule has 1 aromatic rings. The van der Waals surface area contributed by atoms with Crippen LogP contribution in [0.4, 0.5) is 18.9 Å². The number of alkyl halides is 3. The lowest BCUT2D eigenvalue weighted by Crippen LogP contribution is -2.13. The van der Waals surface area contributed by atoms with E-state index >= 15 is 0 Å². The van der Waals surface area contributed by atoms with E-state index in [1.807, 2.05) is 0 Å². The quantitative estimate of drug-likeness (QED) is 0.745. The Kier molecular flexibility index (Phi) is 3.03. The highest BCUT2D eigenvalue weighted by atomic mass is 19.4. The molecule has 0 saturated carbocycles. The molecule has 1 atom stereocenters. The minimum atomic E-state index is -4.33. The van der Waals surface area contributed by atoms with Crippen LogP contribution in [-0.4, -0.2) is 13.1 Å². The van der Waals surface area contributed by atoms with E-state index in [4.69, 9.17) is 5.73 Å². The fourth-order valence-corrected chi connectivity index (χ4v) is 2.23. The Balaban J connectivity index is 2.45. The molecule has 2 nitrogen and oxygen atoms in total. The molecule has 1 aliphatic heterocycles. The van der Waals surface area contributed by atoms with Crippen LogP contribution >= 0.6 is 0 Å². The minimum absolute atomic E-state index is 0.118. The molecule has 1 heterocycles. The summed E-state index contributed by atoms with van der Waals surface area (Å²) in [5, 5.41) is 3.14. The van der Waals surface area contributed by atoms with Gasteiger partial charge >= 0.3 is 6.18 Å². The van der Waals surface area contributed by atoms with Crippen molar-refractivity contribution in [3.63, 3.8) is 0 Å². The Morgan fingerprint density at radius 2 is 2.06 bits per heavy atom. The monoisotopic (exact) mass is 244 g/mol. The highest BCUT2D eigenvalue weighted by Gasteiger charge is 2.34. The lowest BCUT2D eigenvalue weighted by Gasteiger charge is -2.17. The Hall–Kier alpha value is -1.23. The highest BCUT2D eigenvalue weighted by Crippen LogP contribution is 2.37. The summed E-state index contributed by atoms with van der Waals surface area (Å²) in [5.74, 6) is 0.138. The van der Waals surface area contributed by atoms with Gasteiger partial charge in [-0.15, -0.1) is 0 Å². The number of anilines is 1. The summed E-state index contributed by atoms with van der Waals surface area (Å²) in [6, 6.07) is 2.91. The van der Waals surface area contributed by atoms with Gasteiger partial charge in [0.15, 0.2) is 0 Å². The predicted molar refractivity (Wildman–Crippen MR) is 60.8 cm³/mol. The van der Waals surface area contributed by atoms with Gasteiger partial charge in [-0.05, 0) is 49.1 Å². The van der Waals surface area contributed by atoms with Gasteiger partial charge in [-0.3, -0.25) is 0 Å². The lowest BCUT2D eigenvalue weighted by atomic mass is 9.93. The van der Waals surface area contributed by atoms with Crippen LogP contribution in [-0.2, 0) is 6.18 Å². The van der Waals surface area contributed by atoms with E-state index < -0.39 is 11.7 Å². The van der Waals surface area contributed by atoms with E-state index in [0.29, 0.717) is 5.56 Å². The third kappa shape index (κ3) is 2.39. The van der Waals surface area contributed by atoms with Gasteiger partial charge in [0.2, 0.25) is 0 Å². The van der Waals surface area contributed by atoms with Gasteiger partial charge in [-0.25, -0.2) is 0 Å². The van der Waals surface area contributed by atoms with E-state index in [0.717, 1.165) is 19.5 Å². The number of nitrogens with two attached hydrogens (primary N) is 1. The fraction of sp³-hybridized carbons (Fsp3) is 0.500. The molecule has 5 heteroatoms. The maximum atomic E-state index is 12.8. The second-order valence-corrected chi connectivity index (χ2v) is 4.47. The van der Waals surface area contributed by atoms with Gasteiger partial charge in [0.25, 0.3) is 0 Å². The van der Waals surface area contributed by atoms with Crippen molar-refractivity contribution in [2.45, 2.75) is 25.4 Å². The number of benzene rings is 1. The second kappa shape index (κ2) is 4.22. The van der Waals surface area contributed by atoms with Crippen molar-refractivity contribution in [3.8, 4) is 0 Å². The van der Waals surface area contributed by atoms with Gasteiger partial charge in [0, 0.05) is 12.2 Å². The first-order chi connectivity index (χ1) is 7.89. The van der Waals surface area contributed by atoms with Crippen LogP contribution < -0.4 is 11.1 Å². The van der Waals surface area contributed by atoms with E-state index in [1.165, 1.54) is 13.0 Å². The summed E-state index contributed by atoms with van der Waals surface area (Å²) in [5.41, 5.74) is 6.08. The molecule has 1 unspecified atom stereocenters. The van der Waals surface area contributed by atoms with Crippen molar-refractivity contribution >= 4 is 5.69 Å². The van der Waals surface area contributed by atoms with Gasteiger partial charge in [-0.1, -0.05) is 0 Å². The highest BCUT2D eigenvalue weighted by molar-refractivity contribution is 5.54. The summed E-state index contributed by atoms with van der Waals surface area (Å²) in [6.07, 6.45) is -3.47. The van der Waals surface area contributed by atoms with Crippen LogP contribution in [0.1, 0.15) is 29.0 Å². The Morgan fingerprint density at radius 3 is 2.59 bits per heavy atom. The SMILES string of the molecule is Cc1c(N)cc(C2CCNC2)cc1C(F)(F)F. The second-order valence-electron chi connectivity index (χ2n) is 4.47. The normalized spacial score (nSPS) is 20.8. The van der Waals surface area contributed by atoms with Crippen LogP contribution in [0.15, 0.2) is 12.1 Å². The van der Waals surface area contributed by atoms with E-state index in [9.17, 15) is 13.2 Å². The van der Waals surface area contributed by atoms with Gasteiger partial charge in [0.05, 0.1) is 5.56 Å². The largest absolute Gasteiger partial charge is 0.416 e. The molecule has 2 rings (SSSR count). The summed E-state index contributed by atoms with van der Waals surface area (Å²) in [7, 11) is 0. The zero-order valence-electron chi connectivity index (χ0n) is 9.56. The molecule has 0 radical (unpaired) electrons. The molecular formula is C12H15F3N2. The number of nitrogens with one attached hydrogen (secondary N) is 1. The van der Waals surface area contributed by atoms with Gasteiger partial charge in [0.1, 0.15) is 0 Å². The zero-order valence-corrected chi connectivity index (χ0v) is 9.56. The third-order valence-corrected chi connectivity index (χ3v) is 3.31. The maximum Gasteiger partial charge on any atom is 0.416 e. The number of halogens is 3. The third-order valence-electron chi connectivity index (χ3n) is 3.31. The van der Waals surface area contributed by atoms with E-state index in [-0.39, 0.29) is 17.2 Å². The first-order valence-corrected chi connectivity index (χ1v) is 5.57. The van der Waals surface area contributed by atoms with Crippen molar-refractivity contribution in [1.82, 2.24) is 5.32 Å². The zero-order chi connectivity index (χ0) is 12.6. The average Bonchev–Trinajstić information content (AvgIpc) is 2.73. The number of hydrogen-bond donors (Lipinski definition) is 2. The molecule has 0 bridgehead atoms. The van der Waals surface area contributed by atoms with Crippen LogP contribution in [0.2, 0.25) is 0 Å². The number of hydrogen-bond acceptors (Lipinski definition) is 2. The molecule has 1 aliphatic rings. The molecule has 17 heavy (non-hydrogen) atoms. The number of nitrogen functional groups attached to an aromatic ring is 1. The molecule has 1 saturated heterocycles. The first-order valence-electron chi connectivity index (χ1n) is 5.57. The predicted octanol–water partition coefficient (Wildman–Crippen LogP) is 2.67. The van der Waals surface area contributed by atoms with Crippen molar-refractivity contribution in [2.75, 3.05) is 18.8 Å². The number of rotatable bonds is 1. The van der Waals surface area contributed by atoms with Crippen LogP contribution in [0, 0.1) is 6.92 Å². The molecule has 0 spiro atoms. The molecule has 94 valence electrons. The molecule has 1 fully saturated rings. The fourth-order valence-electron chi connectivity index (χ4n) is 2.23. The van der Waals surface area contributed by atoms with Crippen molar-refractivity contribution in [2.24, 2.45) is 0 Å². The van der Waals surface area contributed by atoms with Crippen LogP contribution in [0.3, 0.4) is 0 Å². The summed E-state index contributed by atoms with van der Waals surface area (Å²) in [4.78, 5) is 0. The van der Waals surface area contributed by atoms with Crippen molar-refractivity contribution < 1.29 is 13.2 Å². The minimum Gasteiger partial charge on any atom is -0.398 e. The van der Waals surface area contributed by atoms with E-state index in [2.05, 4.69) is 5.32 Å². The Morgan fingerprint density at radius 1 is 1.35 bits per heavy atom. The first kappa shape index (κ1) is 12.2. The van der Waals surface area contributed by atoms with Gasteiger partial charge in [-0.2, -0.15) is 13.2 Å². The molecule has 0 aromatic heterocycles. The van der Waals surface area contributed by atoms with Crippen molar-refractivity contribution in [1.29, 1.82) is 0 Å². The molecule has 0 amide bonds. The topological polar surface area (TPSA) is 38.0 Å². The van der Waals surface area contributed by atoms with E-state index in [1.54, 1.807) is 6.07 Å². The average molecular weight is 244 g/mol. The van der Waals surface area contributed by atoms with Crippen LogP contribution in [0.25, 0.3) is 0 Å². The Bertz CT molecular complexity index is 420. The molecule has 3 N–H and O–H groups in total. The van der Waals surface area contributed by atoms with Crippen LogP contribution in [0.5, 0.6) is 0 Å². The molecular weight excluding hydrogens is 229 g/mol. The Labute approximate surface area is 98.0 Å². The summed E-state index contributed by atoms with van der Waals surface area (Å²) in [6.45, 7) is 2.98. The van der Waals surface area contributed by atoms with Gasteiger partial charge < -0.3 is 11.1 Å². The summed E-state index contributed by atoms with van der Waals surface area (Å²) < 4.78 is 38.5. The summed E-state index contributed by atoms with van der Waals surface area (Å²) >= 11 is 0. The van der Waals surface area contributed by atoms with Crippen molar-refractivity contribution in [3.05, 3.63) is 28.8 Å². The molecule has 1 aromatic carbocycles. The standard InChI is InChI=1S/C12H15F3N2/c1-7-10(12(13,14)15)4-9(5-11(7)16)8-2-3-17-6-8/h4-5,8,17H,2-3,6,16H2,1H3. The smallest absolute Gasteiger partial charge is 0.398 e. The molecule has 0 aliphatic carbocycles. The lowest BCUT2D eigenvalue weighted by molar-refractivity contribution is -0.138. The maximum absolute atomic E-state index is 12.8.